The summed E-state index contributed by atoms with van der Waals surface area (Å²) in [6, 6.07) is 6.15. The molecule has 138 valence electrons. The van der Waals surface area contributed by atoms with E-state index >= 15 is 0 Å². The third kappa shape index (κ3) is 3.78. The predicted molar refractivity (Wildman–Crippen MR) is 98.9 cm³/mol. The number of ether oxygens (including phenoxy) is 2. The Morgan fingerprint density at radius 1 is 1.36 bits per heavy atom. The Morgan fingerprint density at radius 2 is 2.08 bits per heavy atom. The molecule has 2 fully saturated rings. The van der Waals surface area contributed by atoms with Crippen molar-refractivity contribution in [3.8, 4) is 5.75 Å². The van der Waals surface area contributed by atoms with Gasteiger partial charge in [-0.15, -0.1) is 0 Å². The number of nitrogens with one attached hydrogen (secondary N) is 1. The van der Waals surface area contributed by atoms with Crippen molar-refractivity contribution in [2.75, 3.05) is 31.2 Å². The lowest BCUT2D eigenvalue weighted by Gasteiger charge is -2.46. The molecule has 0 bridgehead atoms. The van der Waals surface area contributed by atoms with Gasteiger partial charge in [0.15, 0.2) is 0 Å². The van der Waals surface area contributed by atoms with Crippen LogP contribution in [0.2, 0.25) is 0 Å². The maximum absolute atomic E-state index is 12.2. The van der Waals surface area contributed by atoms with Crippen LogP contribution >= 0.6 is 0 Å². The smallest absolute Gasteiger partial charge is 0.410 e. The quantitative estimate of drug-likeness (QED) is 0.819. The molecule has 1 aromatic rings. The molecule has 0 atom stereocenters. The van der Waals surface area contributed by atoms with Gasteiger partial charge in [-0.05, 0) is 57.6 Å². The summed E-state index contributed by atoms with van der Waals surface area (Å²) in [4.78, 5) is 14.1. The fourth-order valence-electron chi connectivity index (χ4n) is 3.91. The first-order chi connectivity index (χ1) is 11.7. The molecule has 1 saturated heterocycles. The molecule has 1 spiro atoms. The minimum atomic E-state index is -0.444. The van der Waals surface area contributed by atoms with Crippen LogP contribution in [-0.2, 0) is 4.74 Å². The number of nitrogens with two attached hydrogens (primary N) is 1. The molecule has 1 heterocycles. The molecule has 3 N–H and O–H groups in total. The maximum Gasteiger partial charge on any atom is 0.410 e. The first-order valence-corrected chi connectivity index (χ1v) is 8.88. The Bertz CT molecular complexity index is 648. The minimum absolute atomic E-state index is 0.196. The summed E-state index contributed by atoms with van der Waals surface area (Å²) in [6.45, 7) is 7.27. The molecule has 6 nitrogen and oxygen atoms in total. The highest BCUT2D eigenvalue weighted by molar-refractivity contribution is 5.73. The van der Waals surface area contributed by atoms with E-state index in [4.69, 9.17) is 15.2 Å². The van der Waals surface area contributed by atoms with Gasteiger partial charge in [0, 0.05) is 19.1 Å². The van der Waals surface area contributed by atoms with Crippen molar-refractivity contribution >= 4 is 17.5 Å². The summed E-state index contributed by atoms with van der Waals surface area (Å²) in [5.74, 6) is 0.691. The van der Waals surface area contributed by atoms with Gasteiger partial charge in [-0.25, -0.2) is 4.79 Å². The second-order valence-electron chi connectivity index (χ2n) is 8.32. The van der Waals surface area contributed by atoms with Crippen LogP contribution in [0.4, 0.5) is 16.2 Å². The Morgan fingerprint density at radius 3 is 2.72 bits per heavy atom. The van der Waals surface area contributed by atoms with Crippen molar-refractivity contribution in [2.24, 2.45) is 5.41 Å². The van der Waals surface area contributed by atoms with Gasteiger partial charge >= 0.3 is 6.09 Å². The molecular weight excluding hydrogens is 318 g/mol. The average Bonchev–Trinajstić information content (AvgIpc) is 2.93. The third-order valence-electron chi connectivity index (χ3n) is 5.09. The maximum atomic E-state index is 12.2. The number of methoxy groups -OCH3 is 1. The Labute approximate surface area is 149 Å². The Kier molecular flexibility index (Phi) is 4.47. The normalized spacial score (nSPS) is 25.6. The molecule has 1 saturated carbocycles. The summed E-state index contributed by atoms with van der Waals surface area (Å²) >= 11 is 0. The topological polar surface area (TPSA) is 76.8 Å². The van der Waals surface area contributed by atoms with Gasteiger partial charge in [0.2, 0.25) is 0 Å². The van der Waals surface area contributed by atoms with E-state index in [0.717, 1.165) is 38.0 Å². The van der Waals surface area contributed by atoms with Crippen LogP contribution in [0.3, 0.4) is 0 Å². The number of nitrogen functional groups attached to an aromatic ring is 1. The first-order valence-electron chi connectivity index (χ1n) is 8.88. The van der Waals surface area contributed by atoms with E-state index < -0.39 is 5.60 Å². The second-order valence-corrected chi connectivity index (χ2v) is 8.32. The lowest BCUT2D eigenvalue weighted by molar-refractivity contribution is 0.0237. The second kappa shape index (κ2) is 6.32. The van der Waals surface area contributed by atoms with E-state index in [0.29, 0.717) is 17.5 Å². The van der Waals surface area contributed by atoms with Crippen LogP contribution in [0.5, 0.6) is 5.75 Å². The fourth-order valence-corrected chi connectivity index (χ4v) is 3.91. The zero-order valence-corrected chi connectivity index (χ0v) is 15.6. The fraction of sp³-hybridized carbons (Fsp3) is 0.632. The van der Waals surface area contributed by atoms with Gasteiger partial charge in [-0.2, -0.15) is 0 Å². The van der Waals surface area contributed by atoms with Crippen LogP contribution in [0.25, 0.3) is 0 Å². The van der Waals surface area contributed by atoms with Gasteiger partial charge in [0.05, 0.1) is 18.5 Å². The van der Waals surface area contributed by atoms with Crippen LogP contribution < -0.4 is 15.8 Å². The van der Waals surface area contributed by atoms with Gasteiger partial charge in [0.25, 0.3) is 0 Å². The Hall–Kier alpha value is -2.11. The molecule has 6 heteroatoms. The Balaban J connectivity index is 1.54. The van der Waals surface area contributed by atoms with Crippen molar-refractivity contribution in [1.29, 1.82) is 0 Å². The molecule has 1 aliphatic heterocycles. The number of hydrogen-bond acceptors (Lipinski definition) is 5. The molecule has 0 unspecified atom stereocenters. The van der Waals surface area contributed by atoms with E-state index in [9.17, 15) is 4.79 Å². The standard InChI is InChI=1S/C19H29N3O3/c1-18(2,3)25-17(23)22-9-8-19(12-22)10-13(11-19)21-14-6-5-7-15(24-4)16(14)20/h5-7,13,21H,8-12,20H2,1-4H3/t13-,19-. The van der Waals surface area contributed by atoms with Crippen molar-refractivity contribution < 1.29 is 14.3 Å². The molecule has 1 amide bonds. The van der Waals surface area contributed by atoms with Gasteiger partial charge in [-0.3, -0.25) is 0 Å². The average molecular weight is 347 g/mol. The molecule has 2 aliphatic rings. The van der Waals surface area contributed by atoms with Crippen LogP contribution in [0.15, 0.2) is 18.2 Å². The van der Waals surface area contributed by atoms with E-state index in [1.807, 2.05) is 43.9 Å². The van der Waals surface area contributed by atoms with Gasteiger partial charge < -0.3 is 25.4 Å². The van der Waals surface area contributed by atoms with Gasteiger partial charge in [-0.1, -0.05) is 6.07 Å². The molecule has 0 radical (unpaired) electrons. The van der Waals surface area contributed by atoms with Crippen LogP contribution in [0, 0.1) is 5.41 Å². The molecule has 0 aromatic heterocycles. The van der Waals surface area contributed by atoms with Crippen molar-refractivity contribution in [1.82, 2.24) is 4.90 Å². The zero-order chi connectivity index (χ0) is 18.2. The molecule has 1 aromatic carbocycles. The van der Waals surface area contributed by atoms with Crippen molar-refractivity contribution in [3.63, 3.8) is 0 Å². The summed E-state index contributed by atoms with van der Waals surface area (Å²) in [6.07, 6.45) is 2.93. The highest BCUT2D eigenvalue weighted by Crippen LogP contribution is 2.49. The number of benzene rings is 1. The predicted octanol–water partition coefficient (Wildman–Crippen LogP) is 3.48. The highest BCUT2D eigenvalue weighted by atomic mass is 16.6. The molecule has 25 heavy (non-hydrogen) atoms. The van der Waals surface area contributed by atoms with Crippen LogP contribution in [0.1, 0.15) is 40.0 Å². The largest absolute Gasteiger partial charge is 0.495 e. The number of para-hydroxylation sites is 1. The van der Waals surface area contributed by atoms with Crippen LogP contribution in [-0.4, -0.2) is 42.8 Å². The third-order valence-corrected chi connectivity index (χ3v) is 5.09. The van der Waals surface area contributed by atoms with E-state index in [1.165, 1.54) is 0 Å². The monoisotopic (exact) mass is 347 g/mol. The lowest BCUT2D eigenvalue weighted by Crippen LogP contribution is -2.47. The summed E-state index contributed by atoms with van der Waals surface area (Å²) in [7, 11) is 1.62. The number of rotatable bonds is 3. The number of carbonyl (C=O) groups is 1. The number of carbonyl (C=O) groups excluding carboxylic acids is 1. The summed E-state index contributed by atoms with van der Waals surface area (Å²) in [5, 5.41) is 3.52. The molecular formula is C19H29N3O3. The number of likely N-dealkylation sites (tertiary alicyclic amines) is 1. The number of amides is 1. The van der Waals surface area contributed by atoms with E-state index in [2.05, 4.69) is 5.32 Å². The molecule has 1 aliphatic carbocycles. The molecule has 3 rings (SSSR count). The van der Waals surface area contributed by atoms with E-state index in [1.54, 1.807) is 7.11 Å². The number of anilines is 2. The van der Waals surface area contributed by atoms with E-state index in [-0.39, 0.29) is 11.5 Å². The highest BCUT2D eigenvalue weighted by Gasteiger charge is 2.50. The van der Waals surface area contributed by atoms with Crippen molar-refractivity contribution in [3.05, 3.63) is 18.2 Å². The zero-order valence-electron chi connectivity index (χ0n) is 15.6. The summed E-state index contributed by atoms with van der Waals surface area (Å²) in [5.41, 5.74) is 7.47. The first kappa shape index (κ1) is 17.7. The van der Waals surface area contributed by atoms with Gasteiger partial charge in [0.1, 0.15) is 11.4 Å². The lowest BCUT2D eigenvalue weighted by atomic mass is 9.65. The van der Waals surface area contributed by atoms with Crippen molar-refractivity contribution in [2.45, 2.75) is 51.7 Å². The number of hydrogen-bond donors (Lipinski definition) is 2. The number of nitrogens with zero attached hydrogens (tertiary/aromatic N) is 1. The minimum Gasteiger partial charge on any atom is -0.495 e. The SMILES string of the molecule is COc1cccc(N[C@H]2C[C@@]3(CCN(C(=O)OC(C)(C)C)C3)C2)c1N. The summed E-state index contributed by atoms with van der Waals surface area (Å²) < 4.78 is 10.8.